The fourth-order valence-electron chi connectivity index (χ4n) is 3.90. The van der Waals surface area contributed by atoms with Gasteiger partial charge in [-0.05, 0) is 19.3 Å². The molecule has 0 heterocycles. The van der Waals surface area contributed by atoms with Crippen LogP contribution in [0.15, 0.2) is 0 Å². The number of carbonyl (C=O) groups excluding carboxylic acids is 2. The molecule has 0 rings (SSSR count). The summed E-state index contributed by atoms with van der Waals surface area (Å²) in [6.07, 6.45) is 25.4. The molecular weight excluding hydrogens is 400 g/mol. The van der Waals surface area contributed by atoms with Crippen LogP contribution in [0.3, 0.4) is 0 Å². The minimum absolute atomic E-state index is 0.188. The molecule has 0 aromatic heterocycles. The summed E-state index contributed by atoms with van der Waals surface area (Å²) in [6.45, 7) is 5.48. The van der Waals surface area contributed by atoms with E-state index in [0.717, 1.165) is 25.7 Å². The Bertz CT molecular complexity index is 408. The topological polar surface area (TPSA) is 52.6 Å². The Morgan fingerprint density at radius 1 is 0.406 bits per heavy atom. The molecule has 0 saturated carbocycles. The maximum absolute atomic E-state index is 11.7. The number of hydrogen-bond donors (Lipinski definition) is 0. The van der Waals surface area contributed by atoms with Gasteiger partial charge in [-0.15, -0.1) is 0 Å². The maximum Gasteiger partial charge on any atom is 0.305 e. The van der Waals surface area contributed by atoms with Crippen LogP contribution in [0.1, 0.15) is 155 Å². The van der Waals surface area contributed by atoms with Gasteiger partial charge in [0.25, 0.3) is 0 Å². The van der Waals surface area contributed by atoms with Crippen molar-refractivity contribution in [2.75, 3.05) is 13.2 Å². The third-order valence-corrected chi connectivity index (χ3v) is 6.03. The van der Waals surface area contributed by atoms with E-state index in [4.69, 9.17) is 9.47 Å². The molecule has 32 heavy (non-hydrogen) atoms. The van der Waals surface area contributed by atoms with E-state index in [9.17, 15) is 9.59 Å². The average molecular weight is 455 g/mol. The zero-order chi connectivity index (χ0) is 23.5. The Balaban J connectivity index is 3.25. The van der Waals surface area contributed by atoms with Crippen LogP contribution in [0.4, 0.5) is 0 Å². The lowest BCUT2D eigenvalue weighted by Gasteiger charge is -2.06. The predicted octanol–water partition coefficient (Wildman–Crippen LogP) is 8.69. The average Bonchev–Trinajstić information content (AvgIpc) is 2.78. The van der Waals surface area contributed by atoms with Crippen molar-refractivity contribution in [3.8, 4) is 0 Å². The molecule has 0 saturated heterocycles. The molecule has 4 heteroatoms. The molecule has 0 aromatic rings. The van der Waals surface area contributed by atoms with Gasteiger partial charge in [-0.2, -0.15) is 0 Å². The van der Waals surface area contributed by atoms with Crippen LogP contribution in [0.2, 0.25) is 0 Å². The first kappa shape index (κ1) is 30.9. The van der Waals surface area contributed by atoms with Crippen molar-refractivity contribution in [2.24, 2.45) is 0 Å². The normalized spacial score (nSPS) is 10.9. The molecule has 190 valence electrons. The van der Waals surface area contributed by atoms with Crippen molar-refractivity contribution < 1.29 is 19.1 Å². The highest BCUT2D eigenvalue weighted by Gasteiger charge is 2.07. The second-order valence-electron chi connectivity index (χ2n) is 9.30. The monoisotopic (exact) mass is 454 g/mol. The molecule has 0 fully saturated rings. The number of carbonyl (C=O) groups is 2. The molecule has 0 aliphatic carbocycles. The SMILES string of the molecule is CCCCCCCCCCCCCCCCOC(=O)CCCC(=O)OCCCCCCC. The molecule has 0 aliphatic rings. The third kappa shape index (κ3) is 25.2. The highest BCUT2D eigenvalue weighted by molar-refractivity contribution is 5.72. The standard InChI is InChI=1S/C28H54O4/c1-3-5-7-9-10-11-12-13-14-15-16-17-19-21-26-32-28(30)24-22-23-27(29)31-25-20-18-8-6-4-2/h3-26H2,1-2H3. The number of hydrogen-bond acceptors (Lipinski definition) is 4. The van der Waals surface area contributed by atoms with E-state index >= 15 is 0 Å². The van der Waals surface area contributed by atoms with E-state index in [1.807, 2.05) is 0 Å². The van der Waals surface area contributed by atoms with Gasteiger partial charge in [0.15, 0.2) is 0 Å². The second-order valence-corrected chi connectivity index (χ2v) is 9.30. The summed E-state index contributed by atoms with van der Waals surface area (Å²) < 4.78 is 10.5. The minimum Gasteiger partial charge on any atom is -0.466 e. The third-order valence-electron chi connectivity index (χ3n) is 6.03. The molecule has 0 aliphatic heterocycles. The number of unbranched alkanes of at least 4 members (excludes halogenated alkanes) is 17. The lowest BCUT2D eigenvalue weighted by molar-refractivity contribution is -0.145. The van der Waals surface area contributed by atoms with Crippen LogP contribution < -0.4 is 0 Å². The van der Waals surface area contributed by atoms with Crippen LogP contribution in [-0.4, -0.2) is 25.2 Å². The van der Waals surface area contributed by atoms with E-state index in [1.54, 1.807) is 0 Å². The molecule has 0 amide bonds. The van der Waals surface area contributed by atoms with Gasteiger partial charge in [-0.25, -0.2) is 0 Å². The Morgan fingerprint density at radius 2 is 0.688 bits per heavy atom. The Hall–Kier alpha value is -1.06. The summed E-state index contributed by atoms with van der Waals surface area (Å²) in [5, 5.41) is 0. The fourth-order valence-corrected chi connectivity index (χ4v) is 3.90. The zero-order valence-corrected chi connectivity index (χ0v) is 21.6. The van der Waals surface area contributed by atoms with Gasteiger partial charge in [-0.1, -0.05) is 123 Å². The second kappa shape index (κ2) is 26.2. The van der Waals surface area contributed by atoms with E-state index in [2.05, 4.69) is 13.8 Å². The van der Waals surface area contributed by atoms with E-state index in [1.165, 1.54) is 96.3 Å². The summed E-state index contributed by atoms with van der Waals surface area (Å²) in [5.41, 5.74) is 0. The first-order valence-corrected chi connectivity index (χ1v) is 14.0. The number of rotatable bonds is 25. The van der Waals surface area contributed by atoms with Crippen LogP contribution in [0.5, 0.6) is 0 Å². The van der Waals surface area contributed by atoms with Gasteiger partial charge in [0.1, 0.15) is 0 Å². The smallest absolute Gasteiger partial charge is 0.305 e. The fraction of sp³-hybridized carbons (Fsp3) is 0.929. The lowest BCUT2D eigenvalue weighted by atomic mass is 10.0. The zero-order valence-electron chi connectivity index (χ0n) is 21.6. The molecule has 0 aromatic carbocycles. The van der Waals surface area contributed by atoms with Crippen molar-refractivity contribution in [3.63, 3.8) is 0 Å². The first-order valence-electron chi connectivity index (χ1n) is 14.0. The highest BCUT2D eigenvalue weighted by Crippen LogP contribution is 2.13. The Labute approximate surface area is 199 Å². The lowest BCUT2D eigenvalue weighted by Crippen LogP contribution is -2.09. The van der Waals surface area contributed by atoms with Gasteiger partial charge < -0.3 is 9.47 Å². The van der Waals surface area contributed by atoms with Crippen molar-refractivity contribution in [2.45, 2.75) is 155 Å². The summed E-state index contributed by atoms with van der Waals surface area (Å²) in [6, 6.07) is 0. The highest BCUT2D eigenvalue weighted by atomic mass is 16.5. The Kier molecular flexibility index (Phi) is 25.3. The number of ether oxygens (including phenoxy) is 2. The van der Waals surface area contributed by atoms with Gasteiger partial charge in [0.05, 0.1) is 13.2 Å². The quantitative estimate of drug-likeness (QED) is 0.102. The van der Waals surface area contributed by atoms with Crippen molar-refractivity contribution >= 4 is 11.9 Å². The van der Waals surface area contributed by atoms with Crippen LogP contribution in [0, 0.1) is 0 Å². The molecule has 0 spiro atoms. The summed E-state index contributed by atoms with van der Waals surface area (Å²) >= 11 is 0. The van der Waals surface area contributed by atoms with Gasteiger partial charge in [0, 0.05) is 12.8 Å². The van der Waals surface area contributed by atoms with Crippen LogP contribution >= 0.6 is 0 Å². The summed E-state index contributed by atoms with van der Waals surface area (Å²) in [7, 11) is 0. The molecule has 0 unspecified atom stereocenters. The van der Waals surface area contributed by atoms with Crippen LogP contribution in [0.25, 0.3) is 0 Å². The largest absolute Gasteiger partial charge is 0.466 e. The molecule has 0 N–H and O–H groups in total. The predicted molar refractivity (Wildman–Crippen MR) is 135 cm³/mol. The van der Waals surface area contributed by atoms with Crippen molar-refractivity contribution in [3.05, 3.63) is 0 Å². The van der Waals surface area contributed by atoms with Gasteiger partial charge >= 0.3 is 11.9 Å². The van der Waals surface area contributed by atoms with E-state index in [-0.39, 0.29) is 11.9 Å². The first-order chi connectivity index (χ1) is 15.7. The molecular formula is C28H54O4. The maximum atomic E-state index is 11.7. The van der Waals surface area contributed by atoms with E-state index < -0.39 is 0 Å². The molecule has 0 radical (unpaired) electrons. The van der Waals surface area contributed by atoms with Crippen LogP contribution in [-0.2, 0) is 19.1 Å². The van der Waals surface area contributed by atoms with Crippen molar-refractivity contribution in [1.29, 1.82) is 0 Å². The molecule has 0 bridgehead atoms. The Morgan fingerprint density at radius 3 is 1.00 bits per heavy atom. The number of esters is 2. The summed E-state index contributed by atoms with van der Waals surface area (Å²) in [5.74, 6) is -0.382. The molecule has 4 nitrogen and oxygen atoms in total. The van der Waals surface area contributed by atoms with Gasteiger partial charge in [0.2, 0.25) is 0 Å². The van der Waals surface area contributed by atoms with Crippen molar-refractivity contribution in [1.82, 2.24) is 0 Å². The summed E-state index contributed by atoms with van der Waals surface area (Å²) in [4.78, 5) is 23.4. The minimum atomic E-state index is -0.194. The molecule has 0 atom stereocenters. The van der Waals surface area contributed by atoms with Gasteiger partial charge in [-0.3, -0.25) is 9.59 Å². The van der Waals surface area contributed by atoms with E-state index in [0.29, 0.717) is 32.5 Å².